The van der Waals surface area contributed by atoms with Crippen molar-refractivity contribution in [2.75, 3.05) is 20.8 Å². The number of fused-ring (bicyclic) bond motifs is 1. The van der Waals surface area contributed by atoms with Crippen molar-refractivity contribution in [3.05, 3.63) is 47.7 Å². The van der Waals surface area contributed by atoms with Gasteiger partial charge in [0.25, 0.3) is 0 Å². The van der Waals surface area contributed by atoms with Crippen LogP contribution in [0.15, 0.2) is 47.1 Å². The van der Waals surface area contributed by atoms with Crippen molar-refractivity contribution in [1.82, 2.24) is 4.90 Å². The summed E-state index contributed by atoms with van der Waals surface area (Å²) in [4.78, 5) is 31.7. The molecule has 0 unspecified atom stereocenters. The lowest BCUT2D eigenvalue weighted by molar-refractivity contribution is -0.139. The van der Waals surface area contributed by atoms with Gasteiger partial charge in [-0.05, 0) is 31.5 Å². The molecule has 0 spiro atoms. The van der Waals surface area contributed by atoms with Gasteiger partial charge in [-0.2, -0.15) is 0 Å². The molecule has 0 N–H and O–H groups in total. The quantitative estimate of drug-likeness (QED) is 0.538. The van der Waals surface area contributed by atoms with Gasteiger partial charge in [0.1, 0.15) is 6.61 Å². The van der Waals surface area contributed by atoms with E-state index in [1.54, 1.807) is 31.1 Å². The van der Waals surface area contributed by atoms with Crippen LogP contribution in [-0.2, 0) is 14.3 Å². The van der Waals surface area contributed by atoms with Crippen LogP contribution in [0.25, 0.3) is 0 Å². The second-order valence-electron chi connectivity index (χ2n) is 6.27. The minimum Gasteiger partial charge on any atom is -0.493 e. The zero-order valence-corrected chi connectivity index (χ0v) is 17.0. The first-order valence-electron chi connectivity index (χ1n) is 8.72. The Labute approximate surface area is 168 Å². The predicted octanol–water partition coefficient (Wildman–Crippen LogP) is 3.08. The monoisotopic (exact) mass is 402 g/mol. The molecule has 2 aliphatic rings. The molecule has 1 fully saturated rings. The van der Waals surface area contributed by atoms with Gasteiger partial charge in [-0.15, -0.1) is 0 Å². The Kier molecular flexibility index (Phi) is 5.79. The van der Waals surface area contributed by atoms with E-state index >= 15 is 0 Å². The summed E-state index contributed by atoms with van der Waals surface area (Å²) in [6, 6.07) is 4.67. The van der Waals surface area contributed by atoms with E-state index in [1.807, 2.05) is 13.0 Å². The first-order chi connectivity index (χ1) is 13.4. The number of thioether (sulfide) groups is 1. The summed E-state index contributed by atoms with van der Waals surface area (Å²) in [5.74, 6) is 0.429. The van der Waals surface area contributed by atoms with E-state index in [9.17, 15) is 9.59 Å². The molecule has 148 valence electrons. The first kappa shape index (κ1) is 20.0. The highest BCUT2D eigenvalue weighted by Crippen LogP contribution is 2.44. The Balaban J connectivity index is 2.14. The number of aliphatic imine (C=N–C) groups is 1. The molecule has 0 saturated carbocycles. The number of nitrogens with zero attached hydrogens (tertiary/aromatic N) is 2. The topological polar surface area (TPSA) is 77.4 Å². The number of rotatable bonds is 6. The molecule has 1 amide bonds. The van der Waals surface area contributed by atoms with Crippen LogP contribution in [0.5, 0.6) is 11.5 Å². The number of carbonyl (C=O) groups excluding carboxylic acids is 2. The second kappa shape index (κ2) is 8.10. The number of amides is 1. The Morgan fingerprint density at radius 1 is 1.32 bits per heavy atom. The molecule has 0 bridgehead atoms. The molecule has 2 aliphatic heterocycles. The molecule has 1 aromatic rings. The van der Waals surface area contributed by atoms with Crippen LogP contribution in [0.1, 0.15) is 25.5 Å². The van der Waals surface area contributed by atoms with Crippen LogP contribution < -0.4 is 9.47 Å². The van der Waals surface area contributed by atoms with E-state index in [2.05, 4.69) is 11.6 Å². The summed E-state index contributed by atoms with van der Waals surface area (Å²) >= 11 is 1.38. The van der Waals surface area contributed by atoms with Crippen molar-refractivity contribution in [2.24, 2.45) is 4.99 Å². The van der Waals surface area contributed by atoms with Crippen molar-refractivity contribution in [3.63, 3.8) is 0 Å². The third-order valence-electron chi connectivity index (χ3n) is 4.53. The molecular formula is C20H22N2O5S. The summed E-state index contributed by atoms with van der Waals surface area (Å²) in [7, 11) is 3.09. The van der Waals surface area contributed by atoms with Gasteiger partial charge in [0.15, 0.2) is 16.7 Å². The minimum atomic E-state index is -0.658. The molecule has 7 nitrogen and oxygen atoms in total. The van der Waals surface area contributed by atoms with Gasteiger partial charge in [-0.25, -0.2) is 9.79 Å². The van der Waals surface area contributed by atoms with Crippen molar-refractivity contribution in [1.29, 1.82) is 0 Å². The summed E-state index contributed by atoms with van der Waals surface area (Å²) < 4.78 is 16.0. The normalized spacial score (nSPS) is 21.2. The highest BCUT2D eigenvalue weighted by molar-refractivity contribution is 8.15. The number of amidine groups is 1. The van der Waals surface area contributed by atoms with Gasteiger partial charge >= 0.3 is 5.97 Å². The largest absolute Gasteiger partial charge is 0.493 e. The highest BCUT2D eigenvalue weighted by atomic mass is 32.2. The van der Waals surface area contributed by atoms with Crippen LogP contribution in [-0.4, -0.2) is 48.0 Å². The van der Waals surface area contributed by atoms with Gasteiger partial charge in [0, 0.05) is 0 Å². The van der Waals surface area contributed by atoms with Gasteiger partial charge < -0.3 is 14.2 Å². The van der Waals surface area contributed by atoms with Crippen LogP contribution in [0, 0.1) is 0 Å². The number of allylic oxidation sites excluding steroid dienone is 1. The van der Waals surface area contributed by atoms with E-state index < -0.39 is 12.0 Å². The van der Waals surface area contributed by atoms with E-state index in [0.717, 1.165) is 0 Å². The van der Waals surface area contributed by atoms with Crippen LogP contribution in [0.3, 0.4) is 0 Å². The van der Waals surface area contributed by atoms with E-state index in [-0.39, 0.29) is 17.8 Å². The zero-order chi connectivity index (χ0) is 20.4. The molecule has 1 aromatic carbocycles. The fraction of sp³-hybridized carbons (Fsp3) is 0.350. The lowest BCUT2D eigenvalue weighted by Gasteiger charge is -2.33. The van der Waals surface area contributed by atoms with Gasteiger partial charge in [0.2, 0.25) is 5.91 Å². The summed E-state index contributed by atoms with van der Waals surface area (Å²) in [5.41, 5.74) is 1.55. The third kappa shape index (κ3) is 3.40. The molecular weight excluding hydrogens is 380 g/mol. The average molecular weight is 402 g/mol. The highest BCUT2D eigenvalue weighted by Gasteiger charge is 2.46. The zero-order valence-electron chi connectivity index (χ0n) is 16.2. The van der Waals surface area contributed by atoms with Crippen molar-refractivity contribution in [3.8, 4) is 11.5 Å². The van der Waals surface area contributed by atoms with E-state index in [0.29, 0.717) is 33.5 Å². The number of ether oxygens (including phenoxy) is 3. The number of esters is 1. The molecule has 1 saturated heterocycles. The summed E-state index contributed by atoms with van der Waals surface area (Å²) in [6.45, 7) is 7.22. The second-order valence-corrected chi connectivity index (χ2v) is 7.57. The number of hydrogen-bond acceptors (Lipinski definition) is 7. The molecule has 3 rings (SSSR count). The fourth-order valence-electron chi connectivity index (χ4n) is 3.21. The molecule has 2 atom stereocenters. The van der Waals surface area contributed by atoms with Gasteiger partial charge in [-0.1, -0.05) is 30.5 Å². The van der Waals surface area contributed by atoms with Gasteiger partial charge in [0.05, 0.1) is 36.8 Å². The standard InChI is InChI=1S/C20H22N2O5S/c1-6-9-27-19(24)16-11(2)21-20-22(18(23)12(3)28-20)17(16)13-7-8-14(25-4)15(10-13)26-5/h6-8,10,12,17H,1,9H2,2-5H3/t12-,17+/m0/s1. The molecule has 0 aromatic heterocycles. The number of methoxy groups -OCH3 is 2. The first-order valence-corrected chi connectivity index (χ1v) is 9.60. The van der Waals surface area contributed by atoms with E-state index in [4.69, 9.17) is 14.2 Å². The Hall–Kier alpha value is -2.74. The lowest BCUT2D eigenvalue weighted by Crippen LogP contribution is -2.40. The predicted molar refractivity (Wildman–Crippen MR) is 107 cm³/mol. The Morgan fingerprint density at radius 2 is 2.04 bits per heavy atom. The molecule has 28 heavy (non-hydrogen) atoms. The lowest BCUT2D eigenvalue weighted by atomic mass is 9.94. The number of hydrogen-bond donors (Lipinski definition) is 0. The molecule has 2 heterocycles. The van der Waals surface area contributed by atoms with Crippen molar-refractivity contribution in [2.45, 2.75) is 25.1 Å². The van der Waals surface area contributed by atoms with Crippen LogP contribution in [0.2, 0.25) is 0 Å². The van der Waals surface area contributed by atoms with Crippen LogP contribution >= 0.6 is 11.8 Å². The maximum absolute atomic E-state index is 12.9. The average Bonchev–Trinajstić information content (AvgIpc) is 2.97. The summed E-state index contributed by atoms with van der Waals surface area (Å²) in [6.07, 6.45) is 1.50. The summed E-state index contributed by atoms with van der Waals surface area (Å²) in [5, 5.41) is 0.299. The Morgan fingerprint density at radius 3 is 2.68 bits per heavy atom. The third-order valence-corrected chi connectivity index (χ3v) is 5.59. The molecule has 0 aliphatic carbocycles. The number of carbonyl (C=O) groups is 2. The SMILES string of the molecule is C=CCOC(=O)C1=C(C)N=C2S[C@@H](C)C(=O)N2[C@@H]1c1ccc(OC)c(OC)c1. The maximum atomic E-state index is 12.9. The van der Waals surface area contributed by atoms with Gasteiger partial charge in [-0.3, -0.25) is 9.69 Å². The minimum absolute atomic E-state index is 0.0734. The van der Waals surface area contributed by atoms with Crippen molar-refractivity contribution >= 4 is 28.8 Å². The van der Waals surface area contributed by atoms with Crippen molar-refractivity contribution < 1.29 is 23.8 Å². The molecule has 8 heteroatoms. The molecule has 0 radical (unpaired) electrons. The maximum Gasteiger partial charge on any atom is 0.338 e. The van der Waals surface area contributed by atoms with Crippen LogP contribution in [0.4, 0.5) is 0 Å². The smallest absolute Gasteiger partial charge is 0.338 e. The Bertz CT molecular complexity index is 893. The van der Waals surface area contributed by atoms with E-state index in [1.165, 1.54) is 24.9 Å². The fourth-order valence-corrected chi connectivity index (χ4v) is 4.24. The number of benzene rings is 1.